The molecule has 1 aromatic carbocycles. The summed E-state index contributed by atoms with van der Waals surface area (Å²) in [6.07, 6.45) is 4.45. The number of amides is 1. The zero-order valence-corrected chi connectivity index (χ0v) is 16.8. The van der Waals surface area contributed by atoms with Gasteiger partial charge in [0, 0.05) is 11.6 Å². The number of hydrogen-bond acceptors (Lipinski definition) is 5. The SMILES string of the molecule is COc1ccc(-c2nc(CC(=O)CC(=O)NC3CCCCC3C)c(C)o2)cc1. The molecule has 1 aliphatic rings. The largest absolute Gasteiger partial charge is 0.497 e. The molecule has 3 rings (SSSR count). The molecule has 1 amide bonds. The Hall–Kier alpha value is -2.63. The standard InChI is InChI=1S/C22H28N2O4/c1-14-6-4-5-7-19(14)23-21(26)13-17(25)12-20-15(2)28-22(24-20)16-8-10-18(27-3)11-9-16/h8-11,14,19H,4-7,12-13H2,1-3H3,(H,23,26). The van der Waals surface area contributed by atoms with Crippen molar-refractivity contribution in [1.29, 1.82) is 0 Å². The molecule has 2 aromatic rings. The molecule has 0 spiro atoms. The third kappa shape index (κ3) is 5.00. The van der Waals surface area contributed by atoms with Gasteiger partial charge in [0.05, 0.1) is 25.6 Å². The second-order valence-electron chi connectivity index (χ2n) is 7.58. The minimum absolute atomic E-state index is 0.0964. The van der Waals surface area contributed by atoms with E-state index in [1.54, 1.807) is 14.0 Å². The van der Waals surface area contributed by atoms with Crippen molar-refractivity contribution in [3.8, 4) is 17.2 Å². The Morgan fingerprint density at radius 2 is 1.93 bits per heavy atom. The summed E-state index contributed by atoms with van der Waals surface area (Å²) in [6, 6.07) is 7.56. The number of Topliss-reactive ketones (excluding diaryl/α,β-unsaturated/α-hetero) is 1. The molecule has 6 nitrogen and oxygen atoms in total. The van der Waals surface area contributed by atoms with Gasteiger partial charge in [0.2, 0.25) is 11.8 Å². The molecule has 6 heteroatoms. The molecule has 1 saturated carbocycles. The number of aryl methyl sites for hydroxylation is 1. The molecule has 2 atom stereocenters. The molecular formula is C22H28N2O4. The number of aromatic nitrogens is 1. The predicted molar refractivity (Wildman–Crippen MR) is 106 cm³/mol. The first-order valence-corrected chi connectivity index (χ1v) is 9.88. The lowest BCUT2D eigenvalue weighted by molar-refractivity contribution is -0.128. The highest BCUT2D eigenvalue weighted by molar-refractivity contribution is 5.98. The maximum absolute atomic E-state index is 12.4. The van der Waals surface area contributed by atoms with Crippen molar-refractivity contribution in [3.63, 3.8) is 0 Å². The lowest BCUT2D eigenvalue weighted by Crippen LogP contribution is -2.41. The van der Waals surface area contributed by atoms with Crippen molar-refractivity contribution >= 4 is 11.7 Å². The van der Waals surface area contributed by atoms with Gasteiger partial charge in [0.15, 0.2) is 0 Å². The quantitative estimate of drug-likeness (QED) is 0.733. The van der Waals surface area contributed by atoms with E-state index in [4.69, 9.17) is 9.15 Å². The summed E-state index contributed by atoms with van der Waals surface area (Å²) in [4.78, 5) is 29.1. The van der Waals surface area contributed by atoms with Gasteiger partial charge in [-0.2, -0.15) is 0 Å². The van der Waals surface area contributed by atoms with Crippen LogP contribution in [0.2, 0.25) is 0 Å². The fourth-order valence-corrected chi connectivity index (χ4v) is 3.67. The van der Waals surface area contributed by atoms with Crippen LogP contribution < -0.4 is 10.1 Å². The van der Waals surface area contributed by atoms with E-state index in [0.717, 1.165) is 30.6 Å². The molecule has 0 aliphatic heterocycles. The van der Waals surface area contributed by atoms with Crippen LogP contribution in [0.1, 0.15) is 50.5 Å². The number of nitrogens with one attached hydrogen (secondary N) is 1. The molecule has 1 N–H and O–H groups in total. The van der Waals surface area contributed by atoms with Crippen LogP contribution >= 0.6 is 0 Å². The van der Waals surface area contributed by atoms with Crippen LogP contribution in [0.5, 0.6) is 5.75 Å². The third-order valence-electron chi connectivity index (χ3n) is 5.41. The van der Waals surface area contributed by atoms with Gasteiger partial charge in [-0.05, 0) is 49.9 Å². The molecular weight excluding hydrogens is 356 g/mol. The molecule has 1 heterocycles. The fraction of sp³-hybridized carbons (Fsp3) is 0.500. The first kappa shape index (κ1) is 20.1. The second-order valence-corrected chi connectivity index (χ2v) is 7.58. The van der Waals surface area contributed by atoms with Crippen LogP contribution in [0, 0.1) is 12.8 Å². The number of oxazole rings is 1. The number of benzene rings is 1. The molecule has 1 aliphatic carbocycles. The minimum Gasteiger partial charge on any atom is -0.497 e. The summed E-state index contributed by atoms with van der Waals surface area (Å²) in [5, 5.41) is 3.03. The Kier molecular flexibility index (Phi) is 6.49. The molecule has 0 saturated heterocycles. The summed E-state index contributed by atoms with van der Waals surface area (Å²) < 4.78 is 10.9. The summed E-state index contributed by atoms with van der Waals surface area (Å²) in [6.45, 7) is 3.94. The first-order chi connectivity index (χ1) is 13.5. The van der Waals surface area contributed by atoms with E-state index in [0.29, 0.717) is 23.3 Å². The Morgan fingerprint density at radius 3 is 2.61 bits per heavy atom. The third-order valence-corrected chi connectivity index (χ3v) is 5.41. The lowest BCUT2D eigenvalue weighted by Gasteiger charge is -2.29. The highest BCUT2D eigenvalue weighted by Crippen LogP contribution is 2.25. The molecule has 28 heavy (non-hydrogen) atoms. The van der Waals surface area contributed by atoms with Crippen LogP contribution in [0.3, 0.4) is 0 Å². The van der Waals surface area contributed by atoms with Crippen molar-refractivity contribution in [2.45, 2.75) is 58.4 Å². The van der Waals surface area contributed by atoms with Crippen molar-refractivity contribution in [1.82, 2.24) is 10.3 Å². The van der Waals surface area contributed by atoms with E-state index >= 15 is 0 Å². The van der Waals surface area contributed by atoms with Gasteiger partial charge in [0.1, 0.15) is 17.3 Å². The van der Waals surface area contributed by atoms with Crippen LogP contribution in [-0.2, 0) is 16.0 Å². The Balaban J connectivity index is 1.57. The summed E-state index contributed by atoms with van der Waals surface area (Å²) in [5.74, 6) is 1.93. The van der Waals surface area contributed by atoms with Gasteiger partial charge in [-0.3, -0.25) is 9.59 Å². The van der Waals surface area contributed by atoms with E-state index in [1.165, 1.54) is 6.42 Å². The van der Waals surface area contributed by atoms with E-state index in [2.05, 4.69) is 17.2 Å². The van der Waals surface area contributed by atoms with Gasteiger partial charge in [-0.15, -0.1) is 0 Å². The highest BCUT2D eigenvalue weighted by Gasteiger charge is 2.24. The second kappa shape index (κ2) is 9.04. The van der Waals surface area contributed by atoms with E-state index in [9.17, 15) is 9.59 Å². The molecule has 1 fully saturated rings. The van der Waals surface area contributed by atoms with Crippen molar-refractivity contribution in [3.05, 3.63) is 35.7 Å². The Morgan fingerprint density at radius 1 is 1.21 bits per heavy atom. The van der Waals surface area contributed by atoms with Crippen LogP contribution in [0.4, 0.5) is 0 Å². The van der Waals surface area contributed by atoms with Crippen molar-refractivity contribution in [2.75, 3.05) is 7.11 Å². The van der Waals surface area contributed by atoms with Crippen LogP contribution in [-0.4, -0.2) is 29.8 Å². The van der Waals surface area contributed by atoms with Gasteiger partial charge in [-0.25, -0.2) is 4.98 Å². The van der Waals surface area contributed by atoms with Gasteiger partial charge >= 0.3 is 0 Å². The number of carbonyl (C=O) groups excluding carboxylic acids is 2. The topological polar surface area (TPSA) is 81.4 Å². The maximum atomic E-state index is 12.4. The number of ether oxygens (including phenoxy) is 1. The van der Waals surface area contributed by atoms with Crippen molar-refractivity contribution < 1.29 is 18.7 Å². The molecule has 0 radical (unpaired) electrons. The average molecular weight is 384 g/mol. The monoisotopic (exact) mass is 384 g/mol. The van der Waals surface area contributed by atoms with E-state index in [-0.39, 0.29) is 30.6 Å². The highest BCUT2D eigenvalue weighted by atomic mass is 16.5. The fourth-order valence-electron chi connectivity index (χ4n) is 3.67. The number of methoxy groups -OCH3 is 1. The Labute approximate surface area is 165 Å². The molecule has 2 unspecified atom stereocenters. The zero-order chi connectivity index (χ0) is 20.1. The van der Waals surface area contributed by atoms with Gasteiger partial charge < -0.3 is 14.5 Å². The molecule has 0 bridgehead atoms. The minimum atomic E-state index is -0.194. The van der Waals surface area contributed by atoms with Crippen molar-refractivity contribution in [2.24, 2.45) is 5.92 Å². The molecule has 150 valence electrons. The number of ketones is 1. The summed E-state index contributed by atoms with van der Waals surface area (Å²) in [5.41, 5.74) is 1.39. The number of carbonyl (C=O) groups is 2. The zero-order valence-electron chi connectivity index (χ0n) is 16.8. The lowest BCUT2D eigenvalue weighted by atomic mass is 9.86. The van der Waals surface area contributed by atoms with Gasteiger partial charge in [-0.1, -0.05) is 19.8 Å². The van der Waals surface area contributed by atoms with Gasteiger partial charge in [0.25, 0.3) is 0 Å². The Bertz CT molecular complexity index is 826. The first-order valence-electron chi connectivity index (χ1n) is 9.88. The van der Waals surface area contributed by atoms with E-state index in [1.807, 2.05) is 24.3 Å². The van der Waals surface area contributed by atoms with E-state index < -0.39 is 0 Å². The van der Waals surface area contributed by atoms with Crippen LogP contribution in [0.25, 0.3) is 11.5 Å². The average Bonchev–Trinajstić information content (AvgIpc) is 3.04. The summed E-state index contributed by atoms with van der Waals surface area (Å²) in [7, 11) is 1.61. The predicted octanol–water partition coefficient (Wildman–Crippen LogP) is 3.86. The molecule has 1 aromatic heterocycles. The number of rotatable bonds is 7. The van der Waals surface area contributed by atoms with Crippen LogP contribution in [0.15, 0.2) is 28.7 Å². The maximum Gasteiger partial charge on any atom is 0.227 e. The summed E-state index contributed by atoms with van der Waals surface area (Å²) >= 11 is 0. The smallest absolute Gasteiger partial charge is 0.227 e. The number of nitrogens with zero attached hydrogens (tertiary/aromatic N) is 1. The normalized spacial score (nSPS) is 19.2. The number of hydrogen-bond donors (Lipinski definition) is 1.